The van der Waals surface area contributed by atoms with Crippen LogP contribution in [-0.2, 0) is 27.9 Å². The largest absolute Gasteiger partial charge is 0.394 e. The van der Waals surface area contributed by atoms with Crippen molar-refractivity contribution in [3.05, 3.63) is 53.0 Å². The van der Waals surface area contributed by atoms with Gasteiger partial charge >= 0.3 is 0 Å². The first kappa shape index (κ1) is 24.3. The van der Waals surface area contributed by atoms with E-state index in [-0.39, 0.29) is 12.7 Å². The fourth-order valence-electron chi connectivity index (χ4n) is 5.62. The second-order valence-electron chi connectivity index (χ2n) is 10.3. The molecule has 0 radical (unpaired) electrons. The predicted molar refractivity (Wildman–Crippen MR) is 136 cm³/mol. The van der Waals surface area contributed by atoms with Crippen LogP contribution in [0.2, 0.25) is 0 Å². The number of aldehydes is 1. The minimum Gasteiger partial charge on any atom is -0.394 e. The van der Waals surface area contributed by atoms with E-state index in [0.29, 0.717) is 12.5 Å². The summed E-state index contributed by atoms with van der Waals surface area (Å²) >= 11 is 0. The third kappa shape index (κ3) is 5.42. The molecule has 3 aliphatic rings. The van der Waals surface area contributed by atoms with Crippen molar-refractivity contribution >= 4 is 12.1 Å². The van der Waals surface area contributed by atoms with Gasteiger partial charge in [-0.2, -0.15) is 0 Å². The number of rotatable bonds is 12. The predicted octanol–water partition coefficient (Wildman–Crippen LogP) is 3.60. The molecule has 2 N–H and O–H groups in total. The normalized spacial score (nSPS) is 21.8. The number of aliphatic hydroxyl groups is 1. The van der Waals surface area contributed by atoms with E-state index in [9.17, 15) is 9.90 Å². The number of anilines is 1. The standard InChI is InChI=1S/C28H38N4O3/c33-19-28(20-34,26-17-29-14-11-25(26)21-7-8-21)32-15-12-24(18-32)35-16-3-1-2-6-23-10-9-22-5-4-13-30-27(22)31-23/h9-11,14,17,19,21,24,34H,1-8,12-13,15-16,18,20H2,(H,30,31)/t24-,28?/m1/s1. The van der Waals surface area contributed by atoms with Crippen LogP contribution in [0.3, 0.4) is 0 Å². The highest BCUT2D eigenvalue weighted by molar-refractivity contribution is 5.69. The first-order valence-corrected chi connectivity index (χ1v) is 13.3. The van der Waals surface area contributed by atoms with E-state index >= 15 is 0 Å². The van der Waals surface area contributed by atoms with Gasteiger partial charge < -0.3 is 20.0 Å². The first-order valence-electron chi connectivity index (χ1n) is 13.3. The summed E-state index contributed by atoms with van der Waals surface area (Å²) in [6, 6.07) is 6.41. The van der Waals surface area contributed by atoms with Crippen LogP contribution in [0.25, 0.3) is 0 Å². The Balaban J connectivity index is 1.08. The van der Waals surface area contributed by atoms with Crippen LogP contribution in [0, 0.1) is 0 Å². The average Bonchev–Trinajstić information content (AvgIpc) is 3.65. The van der Waals surface area contributed by atoms with Crippen molar-refractivity contribution in [1.29, 1.82) is 0 Å². The zero-order valence-corrected chi connectivity index (χ0v) is 20.6. The van der Waals surface area contributed by atoms with Gasteiger partial charge in [0.2, 0.25) is 0 Å². The molecule has 2 atom stereocenters. The second kappa shape index (κ2) is 11.1. The number of nitrogens with zero attached hydrogens (tertiary/aromatic N) is 3. The summed E-state index contributed by atoms with van der Waals surface area (Å²) < 4.78 is 6.19. The van der Waals surface area contributed by atoms with Crippen LogP contribution in [0.1, 0.15) is 73.2 Å². The number of carbonyl (C=O) groups excluding carboxylic acids is 1. The molecule has 2 fully saturated rings. The molecule has 0 amide bonds. The number of hydrogen-bond acceptors (Lipinski definition) is 7. The van der Waals surface area contributed by atoms with E-state index in [0.717, 1.165) is 94.3 Å². The number of pyridine rings is 2. The van der Waals surface area contributed by atoms with Crippen molar-refractivity contribution in [3.8, 4) is 0 Å². The molecule has 7 heteroatoms. The number of hydrogen-bond donors (Lipinski definition) is 2. The van der Waals surface area contributed by atoms with Gasteiger partial charge in [-0.25, -0.2) is 4.98 Å². The summed E-state index contributed by atoms with van der Waals surface area (Å²) in [7, 11) is 0. The minimum atomic E-state index is -1.03. The van der Waals surface area contributed by atoms with Crippen molar-refractivity contribution in [2.24, 2.45) is 0 Å². The van der Waals surface area contributed by atoms with E-state index < -0.39 is 5.54 Å². The van der Waals surface area contributed by atoms with Gasteiger partial charge in [-0.05, 0) is 80.5 Å². The zero-order chi connectivity index (χ0) is 24.1. The smallest absolute Gasteiger partial charge is 0.147 e. The molecule has 35 heavy (non-hydrogen) atoms. The Morgan fingerprint density at radius 1 is 1.20 bits per heavy atom. The summed E-state index contributed by atoms with van der Waals surface area (Å²) in [5.74, 6) is 1.56. The van der Waals surface area contributed by atoms with E-state index in [1.807, 2.05) is 6.07 Å². The number of likely N-dealkylation sites (tertiary alicyclic amines) is 1. The topological polar surface area (TPSA) is 87.6 Å². The van der Waals surface area contributed by atoms with Gasteiger partial charge in [0.05, 0.1) is 12.7 Å². The Morgan fingerprint density at radius 3 is 2.94 bits per heavy atom. The summed E-state index contributed by atoms with van der Waals surface area (Å²) in [5, 5.41) is 13.8. The van der Waals surface area contributed by atoms with Crippen molar-refractivity contribution < 1.29 is 14.6 Å². The van der Waals surface area contributed by atoms with Gasteiger partial charge in [-0.1, -0.05) is 12.5 Å². The van der Waals surface area contributed by atoms with Crippen LogP contribution in [0.4, 0.5) is 5.82 Å². The van der Waals surface area contributed by atoms with Gasteiger partial charge in [0.25, 0.3) is 0 Å². The second-order valence-corrected chi connectivity index (χ2v) is 10.3. The molecule has 188 valence electrons. The van der Waals surface area contributed by atoms with Gasteiger partial charge in [0.1, 0.15) is 17.6 Å². The molecule has 7 nitrogen and oxygen atoms in total. The Bertz CT molecular complexity index is 1010. The van der Waals surface area contributed by atoms with Crippen LogP contribution in [0.5, 0.6) is 0 Å². The van der Waals surface area contributed by atoms with Crippen LogP contribution in [-0.4, -0.2) is 65.2 Å². The third-order valence-electron chi connectivity index (χ3n) is 7.87. The molecule has 2 aromatic heterocycles. The zero-order valence-electron chi connectivity index (χ0n) is 20.6. The van der Waals surface area contributed by atoms with Gasteiger partial charge in [0, 0.05) is 49.9 Å². The SMILES string of the molecule is O=CC(CO)(c1cnccc1C1CC1)N1CC[C@@H](OCCCCCc2ccc3c(n2)NCCC3)C1. The highest BCUT2D eigenvalue weighted by Gasteiger charge is 2.45. The number of aryl methyl sites for hydroxylation is 2. The highest BCUT2D eigenvalue weighted by atomic mass is 16.5. The molecule has 0 aromatic carbocycles. The quantitative estimate of drug-likeness (QED) is 0.356. The van der Waals surface area contributed by atoms with E-state index in [1.54, 1.807) is 12.4 Å². The molecule has 0 spiro atoms. The molecular weight excluding hydrogens is 440 g/mol. The Hall–Kier alpha value is -2.35. The molecular formula is C28H38N4O3. The lowest BCUT2D eigenvalue weighted by atomic mass is 9.86. The monoisotopic (exact) mass is 478 g/mol. The number of aliphatic hydroxyl groups excluding tert-OH is 1. The van der Waals surface area contributed by atoms with Gasteiger partial charge in [-0.15, -0.1) is 0 Å². The summed E-state index contributed by atoms with van der Waals surface area (Å²) in [6.07, 6.45) is 14.3. The molecule has 2 aliphatic heterocycles. The summed E-state index contributed by atoms with van der Waals surface area (Å²) in [6.45, 7) is 2.91. The van der Waals surface area contributed by atoms with Crippen molar-refractivity contribution in [1.82, 2.24) is 14.9 Å². The van der Waals surface area contributed by atoms with Crippen molar-refractivity contribution in [2.75, 3.05) is 38.2 Å². The number of fused-ring (bicyclic) bond motifs is 1. The lowest BCUT2D eigenvalue weighted by molar-refractivity contribution is -0.122. The highest BCUT2D eigenvalue weighted by Crippen LogP contribution is 2.45. The number of ether oxygens (including phenoxy) is 1. The van der Waals surface area contributed by atoms with E-state index in [4.69, 9.17) is 9.72 Å². The molecule has 1 aliphatic carbocycles. The molecule has 0 bridgehead atoms. The van der Waals surface area contributed by atoms with Crippen LogP contribution < -0.4 is 5.32 Å². The Kier molecular flexibility index (Phi) is 7.75. The van der Waals surface area contributed by atoms with Crippen LogP contribution in [0.15, 0.2) is 30.6 Å². The maximum absolute atomic E-state index is 12.4. The maximum Gasteiger partial charge on any atom is 0.147 e. The van der Waals surface area contributed by atoms with E-state index in [2.05, 4.69) is 27.3 Å². The fraction of sp³-hybridized carbons (Fsp3) is 0.607. The van der Waals surface area contributed by atoms with Gasteiger partial charge in [0.15, 0.2) is 0 Å². The van der Waals surface area contributed by atoms with Crippen molar-refractivity contribution in [2.45, 2.75) is 75.3 Å². The number of nitrogens with one attached hydrogen (secondary N) is 1. The lowest BCUT2D eigenvalue weighted by Gasteiger charge is -2.37. The number of unbranched alkanes of at least 4 members (excludes halogenated alkanes) is 2. The summed E-state index contributed by atoms with van der Waals surface area (Å²) in [4.78, 5) is 23.6. The number of carbonyl (C=O) groups is 1. The molecule has 1 saturated carbocycles. The van der Waals surface area contributed by atoms with Crippen molar-refractivity contribution in [3.63, 3.8) is 0 Å². The number of aromatic nitrogens is 2. The fourth-order valence-corrected chi connectivity index (χ4v) is 5.62. The maximum atomic E-state index is 12.4. The molecule has 2 aromatic rings. The average molecular weight is 479 g/mol. The molecule has 1 unspecified atom stereocenters. The Morgan fingerprint density at radius 2 is 2.11 bits per heavy atom. The molecule has 1 saturated heterocycles. The third-order valence-corrected chi connectivity index (χ3v) is 7.87. The van der Waals surface area contributed by atoms with Crippen LogP contribution >= 0.6 is 0 Å². The van der Waals surface area contributed by atoms with Gasteiger partial charge in [-0.3, -0.25) is 9.88 Å². The lowest BCUT2D eigenvalue weighted by Crippen LogP contribution is -2.50. The first-order chi connectivity index (χ1) is 17.2. The van der Waals surface area contributed by atoms with E-state index in [1.165, 1.54) is 17.7 Å². The Labute approximate surface area is 208 Å². The molecule has 4 heterocycles. The minimum absolute atomic E-state index is 0.0929. The summed E-state index contributed by atoms with van der Waals surface area (Å²) in [5.41, 5.74) is 3.51. The molecule has 5 rings (SSSR count).